The lowest BCUT2D eigenvalue weighted by molar-refractivity contribution is -0.125. The predicted molar refractivity (Wildman–Crippen MR) is 97.8 cm³/mol. The molecule has 0 aromatic carbocycles. The molecule has 0 heterocycles. The van der Waals surface area contributed by atoms with E-state index in [0.29, 0.717) is 42.4 Å². The van der Waals surface area contributed by atoms with E-state index in [1.165, 1.54) is 24.8 Å². The van der Waals surface area contributed by atoms with Gasteiger partial charge in [0.15, 0.2) is 5.78 Å². The lowest BCUT2D eigenvalue weighted by atomic mass is 9.46. The summed E-state index contributed by atoms with van der Waals surface area (Å²) in [5, 5.41) is 20.8. The highest BCUT2D eigenvalue weighted by molar-refractivity contribution is 5.91. The Kier molecular flexibility index (Phi) is 4.20. The second-order valence-corrected chi connectivity index (χ2v) is 10.0. The normalized spacial score (nSPS) is 50.5. The van der Waals surface area contributed by atoms with Crippen molar-refractivity contribution in [1.29, 1.82) is 0 Å². The van der Waals surface area contributed by atoms with Crippen LogP contribution in [-0.2, 0) is 4.79 Å². The molecule has 8 atom stereocenters. The van der Waals surface area contributed by atoms with Crippen molar-refractivity contribution in [3.63, 3.8) is 0 Å². The highest BCUT2D eigenvalue weighted by atomic mass is 16.3. The van der Waals surface area contributed by atoms with Crippen LogP contribution in [0.15, 0.2) is 11.6 Å². The topological polar surface area (TPSA) is 57.5 Å². The third-order valence-corrected chi connectivity index (χ3v) is 9.03. The zero-order valence-corrected chi connectivity index (χ0v) is 16.0. The first kappa shape index (κ1) is 17.7. The van der Waals surface area contributed by atoms with Crippen molar-refractivity contribution in [2.24, 2.45) is 40.4 Å². The SMILES string of the molecule is C[C@H](CO)[C@H]1CC[C@H]2[C@@H]3C(O)CC4=CC(=O)CC[C@]4(C)[C@H]3CC[C@]12C. The molecule has 3 nitrogen and oxygen atoms in total. The van der Waals surface area contributed by atoms with Gasteiger partial charge in [0.05, 0.1) is 6.10 Å². The highest BCUT2D eigenvalue weighted by Crippen LogP contribution is 2.67. The number of carbonyl (C=O) groups is 1. The Balaban J connectivity index is 1.68. The number of hydrogen-bond donors (Lipinski definition) is 2. The fourth-order valence-electron chi connectivity index (χ4n) is 7.63. The van der Waals surface area contributed by atoms with Crippen LogP contribution >= 0.6 is 0 Å². The van der Waals surface area contributed by atoms with Gasteiger partial charge in [-0.15, -0.1) is 0 Å². The first-order valence-electron chi connectivity index (χ1n) is 10.3. The molecule has 3 fully saturated rings. The van der Waals surface area contributed by atoms with Crippen LogP contribution in [0.3, 0.4) is 0 Å². The number of fused-ring (bicyclic) bond motifs is 5. The second-order valence-electron chi connectivity index (χ2n) is 10.0. The maximum Gasteiger partial charge on any atom is 0.155 e. The van der Waals surface area contributed by atoms with Crippen LogP contribution in [0.4, 0.5) is 0 Å². The Morgan fingerprint density at radius 1 is 1.20 bits per heavy atom. The minimum absolute atomic E-state index is 0.111. The molecule has 0 aliphatic heterocycles. The van der Waals surface area contributed by atoms with E-state index < -0.39 is 0 Å². The van der Waals surface area contributed by atoms with Crippen LogP contribution in [0, 0.1) is 40.4 Å². The number of hydrogen-bond acceptors (Lipinski definition) is 3. The summed E-state index contributed by atoms with van der Waals surface area (Å²) < 4.78 is 0. The third-order valence-electron chi connectivity index (χ3n) is 9.03. The molecule has 3 heteroatoms. The van der Waals surface area contributed by atoms with Crippen LogP contribution in [0.1, 0.15) is 65.7 Å². The zero-order valence-electron chi connectivity index (χ0n) is 16.0. The van der Waals surface area contributed by atoms with Gasteiger partial charge in [-0.05, 0) is 85.0 Å². The van der Waals surface area contributed by atoms with Gasteiger partial charge in [-0.25, -0.2) is 0 Å². The monoisotopic (exact) mass is 346 g/mol. The van der Waals surface area contributed by atoms with Crippen LogP contribution in [-0.4, -0.2) is 28.7 Å². The molecule has 0 saturated heterocycles. The summed E-state index contributed by atoms with van der Waals surface area (Å²) in [6, 6.07) is 0. The van der Waals surface area contributed by atoms with Gasteiger partial charge in [0.1, 0.15) is 0 Å². The van der Waals surface area contributed by atoms with Gasteiger partial charge >= 0.3 is 0 Å². The van der Waals surface area contributed by atoms with Crippen molar-refractivity contribution in [2.45, 2.75) is 71.8 Å². The summed E-state index contributed by atoms with van der Waals surface area (Å²) in [7, 11) is 0. The zero-order chi connectivity index (χ0) is 18.0. The molecule has 4 aliphatic carbocycles. The highest BCUT2D eigenvalue weighted by Gasteiger charge is 2.61. The van der Waals surface area contributed by atoms with Crippen molar-refractivity contribution >= 4 is 5.78 Å². The maximum absolute atomic E-state index is 11.9. The first-order valence-corrected chi connectivity index (χ1v) is 10.3. The first-order chi connectivity index (χ1) is 11.8. The van der Waals surface area contributed by atoms with E-state index in [4.69, 9.17) is 0 Å². The molecule has 4 aliphatic rings. The number of carbonyl (C=O) groups excluding carboxylic acids is 1. The summed E-state index contributed by atoms with van der Waals surface area (Å²) in [5.74, 6) is 2.62. The van der Waals surface area contributed by atoms with E-state index in [2.05, 4.69) is 20.8 Å². The minimum atomic E-state index is -0.303. The van der Waals surface area contributed by atoms with Crippen LogP contribution in [0.2, 0.25) is 0 Å². The van der Waals surface area contributed by atoms with Crippen molar-refractivity contribution in [1.82, 2.24) is 0 Å². The van der Waals surface area contributed by atoms with E-state index in [1.54, 1.807) is 0 Å². The van der Waals surface area contributed by atoms with Crippen molar-refractivity contribution < 1.29 is 15.0 Å². The van der Waals surface area contributed by atoms with E-state index in [-0.39, 0.29) is 29.3 Å². The molecule has 140 valence electrons. The summed E-state index contributed by atoms with van der Waals surface area (Å²) in [6.07, 6.45) is 8.63. The van der Waals surface area contributed by atoms with Gasteiger partial charge in [-0.3, -0.25) is 4.79 Å². The standard InChI is InChI=1S/C22H34O3/c1-13(12-23)16-4-5-17-20-18(7-9-22(16,17)3)21(2)8-6-15(24)10-14(21)11-19(20)25/h10,13,16-20,23,25H,4-9,11-12H2,1-3H3/t13-,16-,17+,18+,19?,20+,21+,22-/m1/s1. The Bertz CT molecular complexity index is 596. The third kappa shape index (κ3) is 2.41. The molecule has 0 radical (unpaired) electrons. The van der Waals surface area contributed by atoms with Crippen LogP contribution in [0.25, 0.3) is 0 Å². The van der Waals surface area contributed by atoms with Gasteiger partial charge in [0, 0.05) is 13.0 Å². The molecular weight excluding hydrogens is 312 g/mol. The molecule has 25 heavy (non-hydrogen) atoms. The van der Waals surface area contributed by atoms with E-state index in [9.17, 15) is 15.0 Å². The molecule has 0 aromatic heterocycles. The summed E-state index contributed by atoms with van der Waals surface area (Å²) in [6.45, 7) is 7.26. The van der Waals surface area contributed by atoms with E-state index in [1.807, 2.05) is 6.08 Å². The molecular formula is C22H34O3. The summed E-state index contributed by atoms with van der Waals surface area (Å²) in [4.78, 5) is 11.9. The Labute approximate surface area is 151 Å². The molecule has 3 saturated carbocycles. The average Bonchev–Trinajstić information content (AvgIpc) is 2.93. The van der Waals surface area contributed by atoms with Gasteiger partial charge in [-0.1, -0.05) is 26.3 Å². The molecule has 1 unspecified atom stereocenters. The molecule has 0 bridgehead atoms. The number of ketones is 1. The van der Waals surface area contributed by atoms with Crippen LogP contribution < -0.4 is 0 Å². The second kappa shape index (κ2) is 5.92. The van der Waals surface area contributed by atoms with Gasteiger partial charge in [0.2, 0.25) is 0 Å². The summed E-state index contributed by atoms with van der Waals surface area (Å²) in [5.41, 5.74) is 1.59. The van der Waals surface area contributed by atoms with Gasteiger partial charge in [-0.2, -0.15) is 0 Å². The van der Waals surface area contributed by atoms with Crippen molar-refractivity contribution in [3.05, 3.63) is 11.6 Å². The molecule has 0 spiro atoms. The molecule has 0 amide bonds. The maximum atomic E-state index is 11.9. The Hall–Kier alpha value is -0.670. The smallest absolute Gasteiger partial charge is 0.155 e. The quantitative estimate of drug-likeness (QED) is 0.801. The van der Waals surface area contributed by atoms with Gasteiger partial charge < -0.3 is 10.2 Å². The van der Waals surface area contributed by atoms with Crippen molar-refractivity contribution in [2.75, 3.05) is 6.61 Å². The lowest BCUT2D eigenvalue weighted by Gasteiger charge is -2.59. The number of aliphatic hydroxyl groups is 2. The summed E-state index contributed by atoms with van der Waals surface area (Å²) >= 11 is 0. The molecule has 2 N–H and O–H groups in total. The average molecular weight is 347 g/mol. The Morgan fingerprint density at radius 3 is 2.68 bits per heavy atom. The lowest BCUT2D eigenvalue weighted by Crippen LogP contribution is -2.55. The van der Waals surface area contributed by atoms with Crippen LogP contribution in [0.5, 0.6) is 0 Å². The van der Waals surface area contributed by atoms with E-state index in [0.717, 1.165) is 12.8 Å². The number of aliphatic hydroxyl groups excluding tert-OH is 2. The number of rotatable bonds is 2. The van der Waals surface area contributed by atoms with Gasteiger partial charge in [0.25, 0.3) is 0 Å². The molecule has 0 aromatic rings. The molecule has 4 rings (SSSR count). The van der Waals surface area contributed by atoms with E-state index >= 15 is 0 Å². The Morgan fingerprint density at radius 2 is 1.96 bits per heavy atom. The minimum Gasteiger partial charge on any atom is -0.396 e. The predicted octanol–water partition coefficient (Wildman–Crippen LogP) is 3.73. The van der Waals surface area contributed by atoms with Crippen molar-refractivity contribution in [3.8, 4) is 0 Å². The fraction of sp³-hybridized carbons (Fsp3) is 0.864. The fourth-order valence-corrected chi connectivity index (χ4v) is 7.63. The largest absolute Gasteiger partial charge is 0.396 e.